The van der Waals surface area contributed by atoms with Crippen molar-refractivity contribution in [1.82, 2.24) is 19.6 Å². The molecule has 0 radical (unpaired) electrons. The minimum atomic E-state index is -0.0912. The molecule has 2 heterocycles. The average Bonchev–Trinajstić information content (AvgIpc) is 2.46. The lowest BCUT2D eigenvalue weighted by Crippen LogP contribution is -1.97. The molecule has 0 aliphatic heterocycles. The van der Waals surface area contributed by atoms with Gasteiger partial charge in [-0.05, 0) is 13.3 Å². The second-order valence-electron chi connectivity index (χ2n) is 3.23. The van der Waals surface area contributed by atoms with Crippen LogP contribution in [0.15, 0.2) is 6.20 Å². The second kappa shape index (κ2) is 3.25. The van der Waals surface area contributed by atoms with Crippen LogP contribution in [0.25, 0.3) is 5.52 Å². The lowest BCUT2D eigenvalue weighted by Gasteiger charge is -1.99. The minimum Gasteiger partial charge on any atom is -0.479 e. The summed E-state index contributed by atoms with van der Waals surface area (Å²) in [5, 5.41) is 16.8. The Kier molecular flexibility index (Phi) is 2.07. The second-order valence-corrected chi connectivity index (χ2v) is 3.23. The van der Waals surface area contributed by atoms with Gasteiger partial charge in [0, 0.05) is 6.42 Å². The van der Waals surface area contributed by atoms with Gasteiger partial charge in [-0.25, -0.2) is 9.38 Å². The van der Waals surface area contributed by atoms with Crippen LogP contribution in [0.2, 0.25) is 0 Å². The van der Waals surface area contributed by atoms with E-state index >= 15 is 0 Å². The fourth-order valence-corrected chi connectivity index (χ4v) is 1.55. The highest BCUT2D eigenvalue weighted by Crippen LogP contribution is 2.16. The van der Waals surface area contributed by atoms with Gasteiger partial charge in [-0.3, -0.25) is 0 Å². The summed E-state index contributed by atoms with van der Waals surface area (Å²) in [6.07, 6.45) is 3.43. The molecule has 14 heavy (non-hydrogen) atoms. The highest BCUT2D eigenvalue weighted by molar-refractivity contribution is 5.51. The molecule has 2 aromatic heterocycles. The van der Waals surface area contributed by atoms with Gasteiger partial charge in [-0.2, -0.15) is 5.10 Å². The zero-order valence-electron chi connectivity index (χ0n) is 8.23. The van der Waals surface area contributed by atoms with E-state index in [1.165, 1.54) is 0 Å². The fraction of sp³-hybridized carbons (Fsp3) is 0.444. The Morgan fingerprint density at radius 1 is 1.50 bits per heavy atom. The van der Waals surface area contributed by atoms with E-state index in [1.54, 1.807) is 10.6 Å². The standard InChI is InChI=1S/C9H12N4O/c1-3-4-8-11-6(2)7-5-10-12-9(14)13(7)8/h5H,3-4H2,1-2H3,(H,12,14). The van der Waals surface area contributed by atoms with E-state index in [1.807, 2.05) is 6.92 Å². The van der Waals surface area contributed by atoms with E-state index in [2.05, 4.69) is 22.1 Å². The molecule has 0 bridgehead atoms. The molecule has 0 aliphatic carbocycles. The molecule has 74 valence electrons. The molecule has 0 fully saturated rings. The van der Waals surface area contributed by atoms with Crippen LogP contribution in [0.1, 0.15) is 24.9 Å². The molecule has 5 nitrogen and oxygen atoms in total. The average molecular weight is 192 g/mol. The fourth-order valence-electron chi connectivity index (χ4n) is 1.55. The molecular formula is C9H12N4O. The van der Waals surface area contributed by atoms with Crippen LogP contribution in [0.3, 0.4) is 0 Å². The third kappa shape index (κ3) is 1.21. The molecule has 0 saturated heterocycles. The maximum absolute atomic E-state index is 9.54. The smallest absolute Gasteiger partial charge is 0.319 e. The number of imidazole rings is 1. The molecule has 0 atom stereocenters. The number of fused-ring (bicyclic) bond motifs is 1. The van der Waals surface area contributed by atoms with Crippen LogP contribution in [0.5, 0.6) is 6.01 Å². The Morgan fingerprint density at radius 2 is 2.29 bits per heavy atom. The Balaban J connectivity index is 2.72. The Bertz CT molecular complexity index is 463. The van der Waals surface area contributed by atoms with E-state index in [-0.39, 0.29) is 6.01 Å². The monoisotopic (exact) mass is 192 g/mol. The number of hydrogen-bond acceptors (Lipinski definition) is 4. The van der Waals surface area contributed by atoms with Gasteiger partial charge >= 0.3 is 6.01 Å². The zero-order valence-corrected chi connectivity index (χ0v) is 8.23. The van der Waals surface area contributed by atoms with Gasteiger partial charge in [0.1, 0.15) is 5.82 Å². The SMILES string of the molecule is CCCc1nc(C)c2cnnc(O)n12. The van der Waals surface area contributed by atoms with Crippen molar-refractivity contribution in [3.63, 3.8) is 0 Å². The Morgan fingerprint density at radius 3 is 3.00 bits per heavy atom. The summed E-state index contributed by atoms with van der Waals surface area (Å²) in [4.78, 5) is 4.36. The van der Waals surface area contributed by atoms with Crippen LogP contribution >= 0.6 is 0 Å². The third-order valence-corrected chi connectivity index (χ3v) is 2.17. The number of aromatic nitrogens is 4. The molecule has 2 aromatic rings. The summed E-state index contributed by atoms with van der Waals surface area (Å²) < 4.78 is 1.64. The predicted molar refractivity (Wildman–Crippen MR) is 51.2 cm³/mol. The first-order valence-electron chi connectivity index (χ1n) is 4.62. The molecule has 5 heteroatoms. The molecule has 0 aliphatic rings. The van der Waals surface area contributed by atoms with Crippen molar-refractivity contribution >= 4 is 5.52 Å². The number of nitrogens with zero attached hydrogens (tertiary/aromatic N) is 4. The predicted octanol–water partition coefficient (Wildman–Crippen LogP) is 1.09. The van der Waals surface area contributed by atoms with Crippen LogP contribution in [0.4, 0.5) is 0 Å². The van der Waals surface area contributed by atoms with Gasteiger partial charge < -0.3 is 5.11 Å². The molecular weight excluding hydrogens is 180 g/mol. The first-order valence-corrected chi connectivity index (χ1v) is 4.62. The topological polar surface area (TPSA) is 63.3 Å². The van der Waals surface area contributed by atoms with Crippen molar-refractivity contribution in [3.8, 4) is 6.01 Å². The van der Waals surface area contributed by atoms with Crippen molar-refractivity contribution in [2.75, 3.05) is 0 Å². The van der Waals surface area contributed by atoms with Crippen LogP contribution < -0.4 is 0 Å². The van der Waals surface area contributed by atoms with Crippen molar-refractivity contribution in [2.24, 2.45) is 0 Å². The molecule has 0 aromatic carbocycles. The van der Waals surface area contributed by atoms with Gasteiger partial charge in [-0.1, -0.05) is 12.0 Å². The van der Waals surface area contributed by atoms with Crippen LogP contribution in [-0.4, -0.2) is 24.7 Å². The molecule has 0 saturated carbocycles. The largest absolute Gasteiger partial charge is 0.479 e. The molecule has 2 rings (SSSR count). The normalized spacial score (nSPS) is 11.0. The van der Waals surface area contributed by atoms with Crippen LogP contribution in [-0.2, 0) is 6.42 Å². The first-order chi connectivity index (χ1) is 6.74. The Labute approximate surface area is 81.4 Å². The maximum Gasteiger partial charge on any atom is 0.319 e. The van der Waals surface area contributed by atoms with E-state index in [9.17, 15) is 5.11 Å². The summed E-state index contributed by atoms with van der Waals surface area (Å²) in [5.41, 5.74) is 1.69. The summed E-state index contributed by atoms with van der Waals surface area (Å²) in [6, 6.07) is -0.0912. The van der Waals surface area contributed by atoms with E-state index in [4.69, 9.17) is 0 Å². The third-order valence-electron chi connectivity index (χ3n) is 2.17. The summed E-state index contributed by atoms with van der Waals surface area (Å²) in [5.74, 6) is 0.840. The quantitative estimate of drug-likeness (QED) is 0.773. The van der Waals surface area contributed by atoms with Crippen molar-refractivity contribution in [3.05, 3.63) is 17.7 Å². The number of aryl methyl sites for hydroxylation is 2. The summed E-state index contributed by atoms with van der Waals surface area (Å²) in [6.45, 7) is 3.97. The number of aromatic hydroxyl groups is 1. The summed E-state index contributed by atoms with van der Waals surface area (Å²) >= 11 is 0. The van der Waals surface area contributed by atoms with Crippen molar-refractivity contribution in [1.29, 1.82) is 0 Å². The molecule has 1 N–H and O–H groups in total. The van der Waals surface area contributed by atoms with E-state index in [0.29, 0.717) is 0 Å². The Hall–Kier alpha value is -1.65. The number of rotatable bonds is 2. The molecule has 0 unspecified atom stereocenters. The van der Waals surface area contributed by atoms with Gasteiger partial charge in [0.25, 0.3) is 0 Å². The summed E-state index contributed by atoms with van der Waals surface area (Å²) in [7, 11) is 0. The van der Waals surface area contributed by atoms with Gasteiger partial charge in [-0.15, -0.1) is 0 Å². The molecule has 0 amide bonds. The van der Waals surface area contributed by atoms with Gasteiger partial charge in [0.05, 0.1) is 17.4 Å². The van der Waals surface area contributed by atoms with Crippen LogP contribution in [0, 0.1) is 6.92 Å². The van der Waals surface area contributed by atoms with Crippen molar-refractivity contribution < 1.29 is 5.11 Å². The van der Waals surface area contributed by atoms with Gasteiger partial charge in [0.2, 0.25) is 0 Å². The zero-order chi connectivity index (χ0) is 10.1. The minimum absolute atomic E-state index is 0.0912. The number of hydrogen-bond donors (Lipinski definition) is 1. The lowest BCUT2D eigenvalue weighted by atomic mass is 10.3. The maximum atomic E-state index is 9.54. The highest BCUT2D eigenvalue weighted by atomic mass is 16.3. The van der Waals surface area contributed by atoms with E-state index in [0.717, 1.165) is 29.9 Å². The van der Waals surface area contributed by atoms with Crippen molar-refractivity contribution in [2.45, 2.75) is 26.7 Å². The van der Waals surface area contributed by atoms with E-state index < -0.39 is 0 Å². The molecule has 0 spiro atoms. The lowest BCUT2D eigenvalue weighted by molar-refractivity contribution is 0.410. The highest BCUT2D eigenvalue weighted by Gasteiger charge is 2.10. The van der Waals surface area contributed by atoms with Gasteiger partial charge in [0.15, 0.2) is 0 Å². The first kappa shape index (κ1) is 8.93.